The van der Waals surface area contributed by atoms with Gasteiger partial charge in [-0.1, -0.05) is 59.9 Å². The average Bonchev–Trinajstić information content (AvgIpc) is 3.66. The quantitative estimate of drug-likeness (QED) is 0.181. The van der Waals surface area contributed by atoms with Gasteiger partial charge in [0.25, 0.3) is 5.56 Å². The van der Waals surface area contributed by atoms with Crippen molar-refractivity contribution in [3.8, 4) is 23.0 Å². The standard InChI is InChI=1S/C36H29BrN2O7S/c1-4-43-35(41)31-20(2)38-36-39(32(31)23-12-13-27-28(17-23)46-19-45-27)34(40)30(47-36)16-21-14-26(37)33(29(15-21)42-3)44-18-24-10-7-9-22-8-5-6-11-25(22)24/h5-17,32H,4,18-19H2,1-3H3/t32-/m0/s1. The molecule has 0 N–H and O–H groups in total. The van der Waals surface area contributed by atoms with Crippen LogP contribution >= 0.6 is 27.3 Å². The van der Waals surface area contributed by atoms with Crippen molar-refractivity contribution in [2.45, 2.75) is 26.5 Å². The molecule has 0 bridgehead atoms. The topological polar surface area (TPSA) is 97.6 Å². The normalized spacial score (nSPS) is 15.4. The lowest BCUT2D eigenvalue weighted by molar-refractivity contribution is -0.139. The third kappa shape index (κ3) is 5.70. The lowest BCUT2D eigenvalue weighted by atomic mass is 9.95. The number of hydrogen-bond acceptors (Lipinski definition) is 9. The molecule has 0 aliphatic carbocycles. The highest BCUT2D eigenvalue weighted by Gasteiger charge is 2.34. The molecular weight excluding hydrogens is 684 g/mol. The number of rotatable bonds is 8. The Kier molecular flexibility index (Phi) is 8.33. The number of methoxy groups -OCH3 is 1. The van der Waals surface area contributed by atoms with Gasteiger partial charge in [-0.25, -0.2) is 9.79 Å². The summed E-state index contributed by atoms with van der Waals surface area (Å²) in [6.07, 6.45) is 1.78. The molecule has 11 heteroatoms. The maximum atomic E-state index is 14.1. The summed E-state index contributed by atoms with van der Waals surface area (Å²) < 4.78 is 31.2. The molecule has 3 heterocycles. The van der Waals surface area contributed by atoms with Gasteiger partial charge in [-0.2, -0.15) is 0 Å². The van der Waals surface area contributed by atoms with E-state index in [9.17, 15) is 9.59 Å². The first kappa shape index (κ1) is 30.8. The highest BCUT2D eigenvalue weighted by atomic mass is 79.9. The number of esters is 1. The highest BCUT2D eigenvalue weighted by Crippen LogP contribution is 2.39. The Morgan fingerprint density at radius 2 is 1.89 bits per heavy atom. The number of allylic oxidation sites excluding steroid dienone is 1. The zero-order chi connectivity index (χ0) is 32.7. The van der Waals surface area contributed by atoms with Crippen LogP contribution < -0.4 is 33.8 Å². The molecule has 4 aromatic carbocycles. The molecule has 238 valence electrons. The van der Waals surface area contributed by atoms with E-state index in [0.717, 1.165) is 21.9 Å². The number of halogens is 1. The molecule has 7 rings (SSSR count). The van der Waals surface area contributed by atoms with E-state index in [2.05, 4.69) is 39.1 Å². The summed E-state index contributed by atoms with van der Waals surface area (Å²) in [6.45, 7) is 4.13. The number of fused-ring (bicyclic) bond motifs is 3. The van der Waals surface area contributed by atoms with Gasteiger partial charge < -0.3 is 23.7 Å². The Balaban J connectivity index is 1.27. The fourth-order valence-corrected chi connectivity index (χ4v) is 7.49. The average molecular weight is 714 g/mol. The summed E-state index contributed by atoms with van der Waals surface area (Å²) in [6, 6.07) is 22.6. The maximum absolute atomic E-state index is 14.1. The molecule has 0 spiro atoms. The second kappa shape index (κ2) is 12.7. The van der Waals surface area contributed by atoms with Crippen LogP contribution in [0.3, 0.4) is 0 Å². The van der Waals surface area contributed by atoms with Crippen LogP contribution in [0.5, 0.6) is 23.0 Å². The Morgan fingerprint density at radius 3 is 2.72 bits per heavy atom. The van der Waals surface area contributed by atoms with Crippen molar-refractivity contribution in [1.82, 2.24) is 4.57 Å². The van der Waals surface area contributed by atoms with E-state index in [0.29, 0.717) is 60.2 Å². The van der Waals surface area contributed by atoms with Crippen LogP contribution in [0.25, 0.3) is 16.8 Å². The Bertz CT molecular complexity index is 2270. The van der Waals surface area contributed by atoms with Gasteiger partial charge in [-0.3, -0.25) is 9.36 Å². The molecule has 2 aliphatic heterocycles. The minimum absolute atomic E-state index is 0.104. The molecule has 47 heavy (non-hydrogen) atoms. The van der Waals surface area contributed by atoms with Crippen LogP contribution in [0.4, 0.5) is 0 Å². The summed E-state index contributed by atoms with van der Waals surface area (Å²) >= 11 is 4.90. The van der Waals surface area contributed by atoms with Crippen molar-refractivity contribution in [3.63, 3.8) is 0 Å². The fourth-order valence-electron chi connectivity index (χ4n) is 5.87. The zero-order valence-electron chi connectivity index (χ0n) is 25.7. The first-order valence-electron chi connectivity index (χ1n) is 14.9. The third-order valence-corrected chi connectivity index (χ3v) is 9.60. The zero-order valence-corrected chi connectivity index (χ0v) is 28.1. The van der Waals surface area contributed by atoms with Crippen LogP contribution in [-0.4, -0.2) is 31.0 Å². The lowest BCUT2D eigenvalue weighted by Crippen LogP contribution is -2.39. The second-order valence-corrected chi connectivity index (χ2v) is 12.7. The van der Waals surface area contributed by atoms with Crippen LogP contribution in [-0.2, 0) is 16.1 Å². The summed E-state index contributed by atoms with van der Waals surface area (Å²) in [7, 11) is 1.58. The van der Waals surface area contributed by atoms with E-state index in [1.807, 2.05) is 42.5 Å². The minimum atomic E-state index is -0.770. The summed E-state index contributed by atoms with van der Waals surface area (Å²) in [5, 5.41) is 2.26. The number of carbonyl (C=O) groups excluding carboxylic acids is 1. The molecule has 5 aromatic rings. The van der Waals surface area contributed by atoms with Gasteiger partial charge in [0.2, 0.25) is 6.79 Å². The van der Waals surface area contributed by atoms with Crippen LogP contribution in [0.2, 0.25) is 0 Å². The molecule has 1 atom stereocenters. The largest absolute Gasteiger partial charge is 0.493 e. The molecule has 0 unspecified atom stereocenters. The van der Waals surface area contributed by atoms with Gasteiger partial charge >= 0.3 is 5.97 Å². The van der Waals surface area contributed by atoms with Crippen molar-refractivity contribution in [2.24, 2.45) is 4.99 Å². The van der Waals surface area contributed by atoms with E-state index in [1.54, 1.807) is 43.7 Å². The SMILES string of the molecule is CCOC(=O)C1=C(C)N=c2sc(=Cc3cc(Br)c(OCc4cccc5ccccc45)c(OC)c3)c(=O)n2[C@H]1c1ccc2c(c1)OCO2. The molecule has 0 amide bonds. The van der Waals surface area contributed by atoms with Crippen molar-refractivity contribution in [1.29, 1.82) is 0 Å². The third-order valence-electron chi connectivity index (χ3n) is 8.03. The Labute approximate surface area is 282 Å². The smallest absolute Gasteiger partial charge is 0.338 e. The molecule has 0 saturated carbocycles. The maximum Gasteiger partial charge on any atom is 0.338 e. The van der Waals surface area contributed by atoms with Gasteiger partial charge in [0, 0.05) is 0 Å². The van der Waals surface area contributed by atoms with Gasteiger partial charge in [-0.05, 0) is 87.6 Å². The van der Waals surface area contributed by atoms with Gasteiger partial charge in [0.1, 0.15) is 6.61 Å². The molecular formula is C36H29BrN2O7S. The van der Waals surface area contributed by atoms with Crippen LogP contribution in [0.15, 0.2) is 98.3 Å². The van der Waals surface area contributed by atoms with Crippen LogP contribution in [0.1, 0.15) is 36.6 Å². The number of thiazole rings is 1. The van der Waals surface area contributed by atoms with Gasteiger partial charge in [-0.15, -0.1) is 0 Å². The monoisotopic (exact) mass is 712 g/mol. The van der Waals surface area contributed by atoms with Gasteiger partial charge in [0.05, 0.1) is 40.0 Å². The summed E-state index contributed by atoms with van der Waals surface area (Å²) in [5.74, 6) is 1.68. The van der Waals surface area contributed by atoms with E-state index in [-0.39, 0.29) is 19.0 Å². The van der Waals surface area contributed by atoms with E-state index in [1.165, 1.54) is 11.3 Å². The van der Waals surface area contributed by atoms with Crippen molar-refractivity contribution in [3.05, 3.63) is 125 Å². The number of benzene rings is 4. The van der Waals surface area contributed by atoms with Gasteiger partial charge in [0.15, 0.2) is 27.8 Å². The van der Waals surface area contributed by atoms with Crippen molar-refractivity contribution >= 4 is 50.1 Å². The van der Waals surface area contributed by atoms with E-state index in [4.69, 9.17) is 23.7 Å². The lowest BCUT2D eigenvalue weighted by Gasteiger charge is -2.24. The van der Waals surface area contributed by atoms with Crippen molar-refractivity contribution < 1.29 is 28.5 Å². The van der Waals surface area contributed by atoms with Crippen molar-refractivity contribution in [2.75, 3.05) is 20.5 Å². The molecule has 0 radical (unpaired) electrons. The summed E-state index contributed by atoms with van der Waals surface area (Å²) in [4.78, 5) is 32.5. The molecule has 0 saturated heterocycles. The Morgan fingerprint density at radius 1 is 1.09 bits per heavy atom. The van der Waals surface area contributed by atoms with Crippen LogP contribution in [0, 0.1) is 0 Å². The predicted molar refractivity (Wildman–Crippen MR) is 182 cm³/mol. The van der Waals surface area contributed by atoms with E-state index >= 15 is 0 Å². The molecule has 9 nitrogen and oxygen atoms in total. The molecule has 1 aromatic heterocycles. The van der Waals surface area contributed by atoms with E-state index < -0.39 is 12.0 Å². The number of hydrogen-bond donors (Lipinski definition) is 0. The Hall–Kier alpha value is -4.87. The number of nitrogens with zero attached hydrogens (tertiary/aromatic N) is 2. The first-order chi connectivity index (χ1) is 22.9. The second-order valence-electron chi connectivity index (χ2n) is 10.9. The molecule has 0 fully saturated rings. The fraction of sp³-hybridized carbons (Fsp3) is 0.194. The first-order valence-corrected chi connectivity index (χ1v) is 16.5. The number of carbonyl (C=O) groups is 1. The predicted octanol–water partition coefficient (Wildman–Crippen LogP) is 6.03. The number of ether oxygens (including phenoxy) is 5. The minimum Gasteiger partial charge on any atom is -0.493 e. The molecule has 2 aliphatic rings. The number of aromatic nitrogens is 1. The highest BCUT2D eigenvalue weighted by molar-refractivity contribution is 9.10. The summed E-state index contributed by atoms with van der Waals surface area (Å²) in [5.41, 5.74) is 2.93.